The topological polar surface area (TPSA) is 82.6 Å². The molecule has 3 heterocycles. The van der Waals surface area contributed by atoms with Crippen LogP contribution in [0.1, 0.15) is 28.1 Å². The molecule has 128 valence electrons. The zero-order valence-corrected chi connectivity index (χ0v) is 14.6. The molecule has 2 aromatic rings. The summed E-state index contributed by atoms with van der Waals surface area (Å²) in [5.74, 6) is -0.859. The number of carbonyl (C=O) groups excluding carboxylic acids is 3. The number of aromatic nitrogens is 1. The van der Waals surface area contributed by atoms with Gasteiger partial charge in [0.15, 0.2) is 5.13 Å². The lowest BCUT2D eigenvalue weighted by molar-refractivity contribution is -0.128. The lowest BCUT2D eigenvalue weighted by Gasteiger charge is -2.47. The van der Waals surface area contributed by atoms with E-state index in [0.29, 0.717) is 16.4 Å². The molecular formula is C17H16N4O3S. The third-order valence-corrected chi connectivity index (χ3v) is 5.58. The molecule has 8 heteroatoms. The zero-order valence-electron chi connectivity index (χ0n) is 13.8. The Morgan fingerprint density at radius 1 is 1.32 bits per heavy atom. The number of aryl methyl sites for hydroxylation is 1. The van der Waals surface area contributed by atoms with E-state index < -0.39 is 11.6 Å². The number of hydrogen-bond donors (Lipinski definition) is 1. The van der Waals surface area contributed by atoms with Gasteiger partial charge >= 0.3 is 0 Å². The smallest absolute Gasteiger partial charge is 0.273 e. The molecule has 0 radical (unpaired) electrons. The number of carbonyl (C=O) groups is 3. The summed E-state index contributed by atoms with van der Waals surface area (Å²) in [7, 11) is 1.57. The van der Waals surface area contributed by atoms with Crippen molar-refractivity contribution in [2.75, 3.05) is 17.3 Å². The minimum absolute atomic E-state index is 0.169. The maximum atomic E-state index is 13.2. The summed E-state index contributed by atoms with van der Waals surface area (Å²) in [6.45, 7) is 1.89. The number of benzene rings is 1. The Kier molecular flexibility index (Phi) is 3.40. The fourth-order valence-corrected chi connectivity index (χ4v) is 4.20. The van der Waals surface area contributed by atoms with Crippen LogP contribution in [0.15, 0.2) is 30.5 Å². The maximum absolute atomic E-state index is 13.2. The monoisotopic (exact) mass is 356 g/mol. The average Bonchev–Trinajstić information content (AvgIpc) is 3.17. The molecule has 1 saturated heterocycles. The molecule has 0 aliphatic carbocycles. The second kappa shape index (κ2) is 5.38. The van der Waals surface area contributed by atoms with E-state index in [0.717, 1.165) is 4.88 Å². The minimum Gasteiger partial charge on any atom is -0.310 e. The lowest BCUT2D eigenvalue weighted by atomic mass is 9.96. The van der Waals surface area contributed by atoms with Crippen LogP contribution in [0.5, 0.6) is 0 Å². The van der Waals surface area contributed by atoms with Crippen LogP contribution in [-0.4, -0.2) is 40.3 Å². The highest BCUT2D eigenvalue weighted by atomic mass is 32.1. The van der Waals surface area contributed by atoms with E-state index in [4.69, 9.17) is 0 Å². The van der Waals surface area contributed by atoms with E-state index in [1.54, 1.807) is 37.5 Å². The third-order valence-electron chi connectivity index (χ3n) is 4.75. The number of nitrogens with one attached hydrogen (secondary N) is 1. The Labute approximate surface area is 148 Å². The lowest BCUT2D eigenvalue weighted by Crippen LogP contribution is -2.68. The zero-order chi connectivity index (χ0) is 17.8. The SMILES string of the molecule is Cc1cnc(NC(=O)C23CCC(=O)N2c2ccccc2C(=O)N3C)s1. The largest absolute Gasteiger partial charge is 0.310 e. The van der Waals surface area contributed by atoms with Crippen molar-refractivity contribution < 1.29 is 14.4 Å². The predicted octanol–water partition coefficient (Wildman–Crippen LogP) is 2.00. The number of likely N-dealkylation sites (N-methyl/N-ethyl adjacent to an activating group) is 1. The van der Waals surface area contributed by atoms with Gasteiger partial charge in [0, 0.05) is 31.0 Å². The van der Waals surface area contributed by atoms with Crippen molar-refractivity contribution in [1.29, 1.82) is 0 Å². The van der Waals surface area contributed by atoms with E-state index in [1.165, 1.54) is 21.1 Å². The standard InChI is InChI=1S/C17H16N4O3S/c1-10-9-18-16(25-10)19-15(24)17-8-7-13(22)21(17)12-6-4-3-5-11(12)14(23)20(17)2/h3-6,9H,7-8H2,1-2H3,(H,18,19,24). The van der Waals surface area contributed by atoms with E-state index >= 15 is 0 Å². The van der Waals surface area contributed by atoms with Gasteiger partial charge in [-0.1, -0.05) is 12.1 Å². The molecule has 25 heavy (non-hydrogen) atoms. The van der Waals surface area contributed by atoms with Crippen molar-refractivity contribution in [2.24, 2.45) is 0 Å². The third kappa shape index (κ3) is 2.10. The average molecular weight is 356 g/mol. The minimum atomic E-state index is -1.36. The number of fused-ring (bicyclic) bond motifs is 3. The van der Waals surface area contributed by atoms with Crippen molar-refractivity contribution in [3.63, 3.8) is 0 Å². The first-order valence-electron chi connectivity index (χ1n) is 7.89. The van der Waals surface area contributed by atoms with Crippen molar-refractivity contribution in [2.45, 2.75) is 25.4 Å². The van der Waals surface area contributed by atoms with Crippen molar-refractivity contribution >= 4 is 39.9 Å². The van der Waals surface area contributed by atoms with Gasteiger partial charge in [0.1, 0.15) is 0 Å². The molecule has 3 amide bonds. The molecule has 2 aliphatic heterocycles. The van der Waals surface area contributed by atoms with Crippen LogP contribution < -0.4 is 10.2 Å². The molecular weight excluding hydrogens is 340 g/mol. The number of nitrogens with zero attached hydrogens (tertiary/aromatic N) is 3. The molecule has 1 atom stereocenters. The summed E-state index contributed by atoms with van der Waals surface area (Å²) in [5.41, 5.74) is -0.449. The molecule has 1 aromatic carbocycles. The highest BCUT2D eigenvalue weighted by Gasteiger charge is 2.59. The van der Waals surface area contributed by atoms with Crippen LogP contribution in [0.2, 0.25) is 0 Å². The van der Waals surface area contributed by atoms with Crippen LogP contribution in [0.4, 0.5) is 10.8 Å². The van der Waals surface area contributed by atoms with Crippen molar-refractivity contribution in [3.05, 3.63) is 40.9 Å². The van der Waals surface area contributed by atoms with E-state index in [9.17, 15) is 14.4 Å². The van der Waals surface area contributed by atoms with Crippen LogP contribution in [0, 0.1) is 6.92 Å². The van der Waals surface area contributed by atoms with Gasteiger partial charge in [-0.25, -0.2) is 4.98 Å². The first-order chi connectivity index (χ1) is 11.9. The van der Waals surface area contributed by atoms with Crippen molar-refractivity contribution in [3.8, 4) is 0 Å². The molecule has 1 aromatic heterocycles. The normalized spacial score (nSPS) is 22.0. The first-order valence-corrected chi connectivity index (χ1v) is 8.71. The molecule has 2 aliphatic rings. The van der Waals surface area contributed by atoms with Crippen LogP contribution >= 0.6 is 11.3 Å². The quantitative estimate of drug-likeness (QED) is 0.892. The van der Waals surface area contributed by atoms with Gasteiger partial charge in [-0.05, 0) is 19.1 Å². The summed E-state index contributed by atoms with van der Waals surface area (Å²) >= 11 is 1.35. The van der Waals surface area contributed by atoms with Gasteiger partial charge in [0.2, 0.25) is 11.6 Å². The van der Waals surface area contributed by atoms with Gasteiger partial charge in [0.25, 0.3) is 11.8 Å². The molecule has 1 unspecified atom stereocenters. The van der Waals surface area contributed by atoms with Gasteiger partial charge in [-0.3, -0.25) is 24.6 Å². The summed E-state index contributed by atoms with van der Waals surface area (Å²) < 4.78 is 0. The molecule has 0 spiro atoms. The number of amides is 3. The molecule has 0 bridgehead atoms. The summed E-state index contributed by atoms with van der Waals surface area (Å²) in [5, 5.41) is 3.23. The van der Waals surface area contributed by atoms with Crippen LogP contribution in [-0.2, 0) is 9.59 Å². The van der Waals surface area contributed by atoms with Gasteiger partial charge in [0.05, 0.1) is 11.3 Å². The first kappa shape index (κ1) is 15.8. The Bertz CT molecular complexity index is 909. The van der Waals surface area contributed by atoms with Crippen molar-refractivity contribution in [1.82, 2.24) is 9.88 Å². The second-order valence-electron chi connectivity index (χ2n) is 6.16. The number of para-hydroxylation sites is 1. The fraction of sp³-hybridized carbons (Fsp3) is 0.294. The highest BCUT2D eigenvalue weighted by molar-refractivity contribution is 7.15. The summed E-state index contributed by atoms with van der Waals surface area (Å²) in [6.07, 6.45) is 2.12. The molecule has 0 saturated carbocycles. The Morgan fingerprint density at radius 2 is 2.08 bits per heavy atom. The highest BCUT2D eigenvalue weighted by Crippen LogP contribution is 2.44. The number of rotatable bonds is 2. The molecule has 7 nitrogen and oxygen atoms in total. The fourth-order valence-electron chi connectivity index (χ4n) is 3.54. The Hall–Kier alpha value is -2.74. The molecule has 1 fully saturated rings. The van der Waals surface area contributed by atoms with E-state index in [-0.39, 0.29) is 24.7 Å². The molecule has 4 rings (SSSR count). The van der Waals surface area contributed by atoms with Crippen LogP contribution in [0.3, 0.4) is 0 Å². The van der Waals surface area contributed by atoms with Gasteiger partial charge in [-0.2, -0.15) is 0 Å². The number of thiazole rings is 1. The summed E-state index contributed by atoms with van der Waals surface area (Å²) in [4.78, 5) is 46.5. The van der Waals surface area contributed by atoms with E-state index in [1.807, 2.05) is 6.92 Å². The van der Waals surface area contributed by atoms with Gasteiger partial charge < -0.3 is 4.90 Å². The number of anilines is 2. The van der Waals surface area contributed by atoms with Crippen LogP contribution in [0.25, 0.3) is 0 Å². The van der Waals surface area contributed by atoms with E-state index in [2.05, 4.69) is 10.3 Å². The second-order valence-corrected chi connectivity index (χ2v) is 7.39. The predicted molar refractivity (Wildman–Crippen MR) is 93.5 cm³/mol. The maximum Gasteiger partial charge on any atom is 0.273 e. The Morgan fingerprint density at radius 3 is 2.80 bits per heavy atom. The van der Waals surface area contributed by atoms with Gasteiger partial charge in [-0.15, -0.1) is 11.3 Å². The molecule has 1 N–H and O–H groups in total. The number of hydrogen-bond acceptors (Lipinski definition) is 5. The Balaban J connectivity index is 1.82. The summed E-state index contributed by atoms with van der Waals surface area (Å²) in [6, 6.07) is 6.89.